The molecular formula is C19H18N2OS3. The lowest BCUT2D eigenvalue weighted by Gasteiger charge is -2.01. The van der Waals surface area contributed by atoms with E-state index in [-0.39, 0.29) is 0 Å². The molecule has 0 bridgehead atoms. The van der Waals surface area contributed by atoms with Gasteiger partial charge in [-0.05, 0) is 23.3 Å². The van der Waals surface area contributed by atoms with Gasteiger partial charge in [-0.25, -0.2) is 0 Å². The van der Waals surface area contributed by atoms with E-state index in [1.807, 2.05) is 30.3 Å². The average Bonchev–Trinajstić information content (AvgIpc) is 3.13. The van der Waals surface area contributed by atoms with Crippen molar-refractivity contribution < 1.29 is 4.74 Å². The Morgan fingerprint density at radius 2 is 1.68 bits per heavy atom. The number of nitrogens with zero attached hydrogens (tertiary/aromatic N) is 2. The Bertz CT molecular complexity index is 801. The van der Waals surface area contributed by atoms with E-state index in [0.717, 1.165) is 25.9 Å². The number of thioether (sulfide) groups is 2. The first-order chi connectivity index (χ1) is 12.3. The molecule has 0 aliphatic rings. The Hall–Kier alpha value is -1.76. The van der Waals surface area contributed by atoms with Crippen LogP contribution in [0.5, 0.6) is 5.75 Å². The molecule has 0 atom stereocenters. The predicted octanol–water partition coefficient (Wildman–Crippen LogP) is 5.64. The molecule has 1 heterocycles. The topological polar surface area (TPSA) is 35.0 Å². The Morgan fingerprint density at radius 1 is 0.960 bits per heavy atom. The monoisotopic (exact) mass is 386 g/mol. The summed E-state index contributed by atoms with van der Waals surface area (Å²) in [6.07, 6.45) is 4.29. The second-order valence-corrected chi connectivity index (χ2v) is 8.56. The van der Waals surface area contributed by atoms with Crippen LogP contribution < -0.4 is 4.74 Å². The van der Waals surface area contributed by atoms with Gasteiger partial charge in [0.05, 0.1) is 7.11 Å². The summed E-state index contributed by atoms with van der Waals surface area (Å²) in [6, 6.07) is 18.4. The maximum Gasteiger partial charge on any atom is 0.175 e. The first-order valence-electron chi connectivity index (χ1n) is 7.77. The highest BCUT2D eigenvalue weighted by atomic mass is 32.2. The molecule has 0 aliphatic heterocycles. The zero-order chi connectivity index (χ0) is 17.3. The number of methoxy groups -OCH3 is 1. The van der Waals surface area contributed by atoms with E-state index in [2.05, 4.69) is 46.6 Å². The molecule has 25 heavy (non-hydrogen) atoms. The van der Waals surface area contributed by atoms with E-state index in [1.165, 1.54) is 11.1 Å². The molecule has 0 radical (unpaired) electrons. The smallest absolute Gasteiger partial charge is 0.175 e. The maximum atomic E-state index is 5.17. The quantitative estimate of drug-likeness (QED) is 0.468. The molecule has 3 nitrogen and oxygen atoms in total. The number of ether oxygens (including phenoxy) is 1. The number of aromatic nitrogens is 2. The summed E-state index contributed by atoms with van der Waals surface area (Å²) in [5.41, 5.74) is 2.47. The second-order valence-electron chi connectivity index (χ2n) is 5.09. The maximum absolute atomic E-state index is 5.17. The standard InChI is InChI=1S/C19H18N2OS3/c1-22-17-11-9-16(10-12-17)14-24-19-21-20-18(25-19)23-13-5-8-15-6-3-2-4-7-15/h2-12H,13-14H2,1H3. The van der Waals surface area contributed by atoms with Crippen LogP contribution in [0.1, 0.15) is 11.1 Å². The van der Waals surface area contributed by atoms with Gasteiger partial charge in [0.15, 0.2) is 8.68 Å². The number of rotatable bonds is 8. The van der Waals surface area contributed by atoms with Crippen molar-refractivity contribution in [2.24, 2.45) is 0 Å². The zero-order valence-corrected chi connectivity index (χ0v) is 16.2. The van der Waals surface area contributed by atoms with E-state index < -0.39 is 0 Å². The molecule has 0 unspecified atom stereocenters. The van der Waals surface area contributed by atoms with Crippen LogP contribution in [0.25, 0.3) is 6.08 Å². The van der Waals surface area contributed by atoms with Gasteiger partial charge in [0.25, 0.3) is 0 Å². The lowest BCUT2D eigenvalue weighted by atomic mass is 10.2. The van der Waals surface area contributed by atoms with Gasteiger partial charge in [-0.1, -0.05) is 89.5 Å². The highest BCUT2D eigenvalue weighted by Gasteiger charge is 2.05. The fourth-order valence-corrected chi connectivity index (χ4v) is 4.86. The average molecular weight is 387 g/mol. The van der Waals surface area contributed by atoms with Crippen LogP contribution in [0.4, 0.5) is 0 Å². The van der Waals surface area contributed by atoms with Crippen molar-refractivity contribution in [1.82, 2.24) is 10.2 Å². The van der Waals surface area contributed by atoms with Crippen LogP contribution in [0.3, 0.4) is 0 Å². The van der Waals surface area contributed by atoms with Gasteiger partial charge in [-0.2, -0.15) is 0 Å². The van der Waals surface area contributed by atoms with E-state index in [1.54, 1.807) is 42.0 Å². The van der Waals surface area contributed by atoms with Gasteiger partial charge in [0, 0.05) is 11.5 Å². The summed E-state index contributed by atoms with van der Waals surface area (Å²) < 4.78 is 7.19. The van der Waals surface area contributed by atoms with Crippen molar-refractivity contribution in [3.05, 3.63) is 71.8 Å². The Kier molecular flexibility index (Phi) is 6.97. The summed E-state index contributed by atoms with van der Waals surface area (Å²) in [7, 11) is 1.68. The summed E-state index contributed by atoms with van der Waals surface area (Å²) in [5, 5.41) is 8.52. The van der Waals surface area contributed by atoms with Gasteiger partial charge < -0.3 is 4.74 Å². The van der Waals surface area contributed by atoms with Gasteiger partial charge in [0.1, 0.15) is 5.75 Å². The van der Waals surface area contributed by atoms with Crippen LogP contribution in [-0.4, -0.2) is 23.1 Å². The van der Waals surface area contributed by atoms with Crippen molar-refractivity contribution in [3.63, 3.8) is 0 Å². The van der Waals surface area contributed by atoms with Crippen LogP contribution in [0.15, 0.2) is 69.4 Å². The van der Waals surface area contributed by atoms with Crippen molar-refractivity contribution >= 4 is 40.9 Å². The largest absolute Gasteiger partial charge is 0.497 e. The second kappa shape index (κ2) is 9.65. The SMILES string of the molecule is COc1ccc(CSc2nnc(SCC=Cc3ccccc3)s2)cc1. The summed E-state index contributed by atoms with van der Waals surface area (Å²) in [6.45, 7) is 0. The molecular weight excluding hydrogens is 368 g/mol. The summed E-state index contributed by atoms with van der Waals surface area (Å²) in [5.74, 6) is 2.66. The van der Waals surface area contributed by atoms with E-state index in [4.69, 9.17) is 4.74 Å². The van der Waals surface area contributed by atoms with Gasteiger partial charge in [-0.3, -0.25) is 0 Å². The minimum atomic E-state index is 0.881. The molecule has 2 aromatic carbocycles. The summed E-state index contributed by atoms with van der Waals surface area (Å²) >= 11 is 5.08. The Labute approximate surface area is 160 Å². The van der Waals surface area contributed by atoms with E-state index >= 15 is 0 Å². The van der Waals surface area contributed by atoms with Crippen molar-refractivity contribution in [2.75, 3.05) is 12.9 Å². The van der Waals surface area contributed by atoms with Crippen LogP contribution >= 0.6 is 34.9 Å². The Morgan fingerprint density at radius 3 is 2.40 bits per heavy atom. The molecule has 0 N–H and O–H groups in total. The van der Waals surface area contributed by atoms with Crippen molar-refractivity contribution in [3.8, 4) is 5.75 Å². The molecule has 1 aromatic heterocycles. The lowest BCUT2D eigenvalue weighted by molar-refractivity contribution is 0.414. The van der Waals surface area contributed by atoms with Gasteiger partial charge in [0.2, 0.25) is 0 Å². The van der Waals surface area contributed by atoms with Crippen LogP contribution in [0, 0.1) is 0 Å². The van der Waals surface area contributed by atoms with E-state index in [0.29, 0.717) is 0 Å². The zero-order valence-electron chi connectivity index (χ0n) is 13.8. The Balaban J connectivity index is 1.44. The molecule has 3 aromatic rings. The highest BCUT2D eigenvalue weighted by Crippen LogP contribution is 2.31. The third kappa shape index (κ3) is 5.92. The fraction of sp³-hybridized carbons (Fsp3) is 0.158. The molecule has 0 spiro atoms. The first kappa shape index (κ1) is 18.0. The highest BCUT2D eigenvalue weighted by molar-refractivity contribution is 8.03. The molecule has 0 fully saturated rings. The molecule has 128 valence electrons. The minimum Gasteiger partial charge on any atom is -0.497 e. The minimum absolute atomic E-state index is 0.881. The molecule has 3 rings (SSSR count). The molecule has 0 saturated heterocycles. The number of hydrogen-bond donors (Lipinski definition) is 0. The van der Waals surface area contributed by atoms with Crippen LogP contribution in [-0.2, 0) is 5.75 Å². The predicted molar refractivity (Wildman–Crippen MR) is 109 cm³/mol. The van der Waals surface area contributed by atoms with Gasteiger partial charge in [-0.15, -0.1) is 10.2 Å². The number of hydrogen-bond acceptors (Lipinski definition) is 6. The third-order valence-corrected chi connectivity index (χ3v) is 6.54. The molecule has 0 saturated carbocycles. The van der Waals surface area contributed by atoms with Crippen molar-refractivity contribution in [1.29, 1.82) is 0 Å². The first-order valence-corrected chi connectivity index (χ1v) is 10.6. The van der Waals surface area contributed by atoms with Gasteiger partial charge >= 0.3 is 0 Å². The molecule has 0 aliphatic carbocycles. The van der Waals surface area contributed by atoms with Crippen LogP contribution in [0.2, 0.25) is 0 Å². The fourth-order valence-electron chi connectivity index (χ4n) is 2.05. The van der Waals surface area contributed by atoms with Crippen molar-refractivity contribution in [2.45, 2.75) is 14.4 Å². The molecule has 0 amide bonds. The van der Waals surface area contributed by atoms with E-state index in [9.17, 15) is 0 Å². The lowest BCUT2D eigenvalue weighted by Crippen LogP contribution is -1.84. The third-order valence-electron chi connectivity index (χ3n) is 3.32. The normalized spacial score (nSPS) is 11.1. The number of benzene rings is 2. The molecule has 6 heteroatoms. The summed E-state index contributed by atoms with van der Waals surface area (Å²) in [4.78, 5) is 0.